The number of rotatable bonds is 3. The standard InChI is InChI=1S/C20H28N4O2S/c1-13-16-18(25)21-12-22-20(16)27-17(13)19(26)23-14-7-6-10-24(11-14)15-8-4-2-3-5-9-15/h12,14-15H,2-11H2,1H3,(H,23,26)(H,21,22,25)/t14-/m1/s1. The van der Waals surface area contributed by atoms with Crippen LogP contribution in [-0.4, -0.2) is 45.9 Å². The Morgan fingerprint density at radius 3 is 2.74 bits per heavy atom. The highest BCUT2D eigenvalue weighted by atomic mass is 32.1. The molecule has 1 amide bonds. The fourth-order valence-electron chi connectivity index (χ4n) is 4.62. The SMILES string of the molecule is Cc1c(C(=O)N[C@@H]2CCCN(C3CCCCCC3)C2)sc2nc[nH]c(=O)c12. The van der Waals surface area contributed by atoms with Crippen molar-refractivity contribution in [2.24, 2.45) is 0 Å². The van der Waals surface area contributed by atoms with Crippen LogP contribution in [0.5, 0.6) is 0 Å². The van der Waals surface area contributed by atoms with Gasteiger partial charge in [0.1, 0.15) is 4.83 Å². The van der Waals surface area contributed by atoms with Crippen LogP contribution in [0.25, 0.3) is 10.2 Å². The lowest BCUT2D eigenvalue weighted by atomic mass is 10.00. The molecule has 1 saturated carbocycles. The number of nitrogens with zero attached hydrogens (tertiary/aromatic N) is 2. The summed E-state index contributed by atoms with van der Waals surface area (Å²) in [7, 11) is 0. The topological polar surface area (TPSA) is 78.1 Å². The number of aryl methyl sites for hydroxylation is 1. The molecule has 3 heterocycles. The van der Waals surface area contributed by atoms with Gasteiger partial charge in [-0.05, 0) is 44.7 Å². The minimum absolute atomic E-state index is 0.0670. The Morgan fingerprint density at radius 2 is 2.00 bits per heavy atom. The molecule has 0 aromatic carbocycles. The fraction of sp³-hybridized carbons (Fsp3) is 0.650. The maximum absolute atomic E-state index is 12.9. The van der Waals surface area contributed by atoms with Crippen LogP contribution >= 0.6 is 11.3 Å². The molecule has 1 saturated heterocycles. The van der Waals surface area contributed by atoms with E-state index in [2.05, 4.69) is 20.2 Å². The second-order valence-corrected chi connectivity index (χ2v) is 8.92. The summed E-state index contributed by atoms with van der Waals surface area (Å²) in [4.78, 5) is 35.6. The Kier molecular flexibility index (Phi) is 5.59. The number of aromatic nitrogens is 2. The molecule has 4 rings (SSSR count). The first-order valence-electron chi connectivity index (χ1n) is 10.1. The molecule has 7 heteroatoms. The lowest BCUT2D eigenvalue weighted by Gasteiger charge is -2.38. The summed E-state index contributed by atoms with van der Waals surface area (Å²) in [6.07, 6.45) is 11.5. The number of carbonyl (C=O) groups is 1. The third kappa shape index (κ3) is 3.94. The number of likely N-dealkylation sites (tertiary alicyclic amines) is 1. The van der Waals surface area contributed by atoms with Crippen LogP contribution in [0.3, 0.4) is 0 Å². The number of nitrogens with one attached hydrogen (secondary N) is 2. The summed E-state index contributed by atoms with van der Waals surface area (Å²) >= 11 is 1.31. The van der Waals surface area contributed by atoms with Gasteiger partial charge in [-0.1, -0.05) is 25.7 Å². The Balaban J connectivity index is 1.45. The summed E-state index contributed by atoms with van der Waals surface area (Å²) in [6.45, 7) is 3.93. The average Bonchev–Trinajstić information content (AvgIpc) is 2.84. The van der Waals surface area contributed by atoms with E-state index in [-0.39, 0.29) is 17.5 Å². The molecule has 2 aromatic rings. The molecule has 6 nitrogen and oxygen atoms in total. The zero-order valence-corrected chi connectivity index (χ0v) is 16.7. The second-order valence-electron chi connectivity index (χ2n) is 7.92. The van der Waals surface area contributed by atoms with E-state index >= 15 is 0 Å². The van der Waals surface area contributed by atoms with Gasteiger partial charge in [-0.2, -0.15) is 0 Å². The Bertz CT molecular complexity index is 866. The Labute approximate surface area is 163 Å². The number of hydrogen-bond donors (Lipinski definition) is 2. The van der Waals surface area contributed by atoms with Gasteiger partial charge in [0.2, 0.25) is 0 Å². The molecule has 1 aliphatic carbocycles. The zero-order valence-electron chi connectivity index (χ0n) is 15.9. The van der Waals surface area contributed by atoms with E-state index in [4.69, 9.17) is 0 Å². The predicted molar refractivity (Wildman–Crippen MR) is 109 cm³/mol. The number of carbonyl (C=O) groups excluding carboxylic acids is 1. The van der Waals surface area contributed by atoms with Crippen LogP contribution in [-0.2, 0) is 0 Å². The highest BCUT2D eigenvalue weighted by Gasteiger charge is 2.28. The summed E-state index contributed by atoms with van der Waals surface area (Å²) < 4.78 is 0. The van der Waals surface area contributed by atoms with Crippen molar-refractivity contribution in [3.63, 3.8) is 0 Å². The van der Waals surface area contributed by atoms with Crippen LogP contribution in [0.2, 0.25) is 0 Å². The van der Waals surface area contributed by atoms with Gasteiger partial charge in [-0.3, -0.25) is 14.5 Å². The zero-order chi connectivity index (χ0) is 18.8. The van der Waals surface area contributed by atoms with E-state index in [9.17, 15) is 9.59 Å². The molecule has 2 aromatic heterocycles. The second kappa shape index (κ2) is 8.10. The molecule has 1 aliphatic heterocycles. The highest BCUT2D eigenvalue weighted by molar-refractivity contribution is 7.20. The summed E-state index contributed by atoms with van der Waals surface area (Å²) in [6, 6.07) is 0.867. The molecule has 0 radical (unpaired) electrons. The third-order valence-electron chi connectivity index (χ3n) is 6.07. The molecule has 0 bridgehead atoms. The lowest BCUT2D eigenvalue weighted by molar-refractivity contribution is 0.0864. The first-order valence-corrected chi connectivity index (χ1v) is 11.0. The molecule has 0 unspecified atom stereocenters. The van der Waals surface area contributed by atoms with Crippen LogP contribution in [0.1, 0.15) is 66.6 Å². The first kappa shape index (κ1) is 18.6. The van der Waals surface area contributed by atoms with E-state index in [1.54, 1.807) is 0 Å². The van der Waals surface area contributed by atoms with Gasteiger partial charge in [-0.25, -0.2) is 4.98 Å². The van der Waals surface area contributed by atoms with Gasteiger partial charge in [0.25, 0.3) is 11.5 Å². The van der Waals surface area contributed by atoms with Crippen molar-refractivity contribution in [2.75, 3.05) is 13.1 Å². The number of aromatic amines is 1. The number of fused-ring (bicyclic) bond motifs is 1. The average molecular weight is 389 g/mol. The quantitative estimate of drug-likeness (QED) is 0.792. The van der Waals surface area contributed by atoms with Crippen molar-refractivity contribution in [3.8, 4) is 0 Å². The van der Waals surface area contributed by atoms with Gasteiger partial charge < -0.3 is 10.3 Å². The number of thiophene rings is 1. The molecule has 2 N–H and O–H groups in total. The Morgan fingerprint density at radius 1 is 1.22 bits per heavy atom. The van der Waals surface area contributed by atoms with Crippen molar-refractivity contribution in [2.45, 2.75) is 70.4 Å². The minimum atomic E-state index is -0.176. The molecule has 27 heavy (non-hydrogen) atoms. The monoisotopic (exact) mass is 388 g/mol. The Hall–Kier alpha value is -1.73. The number of H-pyrrole nitrogens is 1. The van der Waals surface area contributed by atoms with E-state index in [1.165, 1.54) is 56.2 Å². The number of piperidine rings is 1. The minimum Gasteiger partial charge on any atom is -0.347 e. The lowest BCUT2D eigenvalue weighted by Crippen LogP contribution is -2.50. The number of amides is 1. The van der Waals surface area contributed by atoms with Crippen LogP contribution in [0.4, 0.5) is 0 Å². The molecule has 2 aliphatic rings. The largest absolute Gasteiger partial charge is 0.347 e. The molecular formula is C20H28N4O2S. The summed E-state index contributed by atoms with van der Waals surface area (Å²) in [5.74, 6) is -0.0670. The van der Waals surface area contributed by atoms with Crippen molar-refractivity contribution in [1.82, 2.24) is 20.2 Å². The van der Waals surface area contributed by atoms with Gasteiger partial charge in [0.05, 0.1) is 16.6 Å². The smallest absolute Gasteiger partial charge is 0.261 e. The van der Waals surface area contributed by atoms with Gasteiger partial charge in [0, 0.05) is 18.6 Å². The van der Waals surface area contributed by atoms with E-state index in [1.807, 2.05) is 6.92 Å². The van der Waals surface area contributed by atoms with Crippen molar-refractivity contribution in [3.05, 3.63) is 27.1 Å². The van der Waals surface area contributed by atoms with Gasteiger partial charge >= 0.3 is 0 Å². The maximum atomic E-state index is 12.9. The van der Waals surface area contributed by atoms with Crippen molar-refractivity contribution < 1.29 is 4.79 Å². The highest BCUT2D eigenvalue weighted by Crippen LogP contribution is 2.28. The van der Waals surface area contributed by atoms with Gasteiger partial charge in [-0.15, -0.1) is 11.3 Å². The van der Waals surface area contributed by atoms with Crippen LogP contribution in [0.15, 0.2) is 11.1 Å². The molecule has 2 fully saturated rings. The maximum Gasteiger partial charge on any atom is 0.261 e. The van der Waals surface area contributed by atoms with Crippen LogP contribution in [0, 0.1) is 6.92 Å². The molecule has 0 spiro atoms. The van der Waals surface area contributed by atoms with Crippen molar-refractivity contribution >= 4 is 27.5 Å². The van der Waals surface area contributed by atoms with Gasteiger partial charge in [0.15, 0.2) is 0 Å². The fourth-order valence-corrected chi connectivity index (χ4v) is 5.68. The molecule has 1 atom stereocenters. The first-order chi connectivity index (χ1) is 13.1. The van der Waals surface area contributed by atoms with Crippen molar-refractivity contribution in [1.29, 1.82) is 0 Å². The summed E-state index contributed by atoms with van der Waals surface area (Å²) in [5.41, 5.74) is 0.559. The predicted octanol–water partition coefficient (Wildman–Crippen LogP) is 3.21. The van der Waals surface area contributed by atoms with E-state index < -0.39 is 0 Å². The van der Waals surface area contributed by atoms with E-state index in [0.29, 0.717) is 21.1 Å². The molecule has 146 valence electrons. The summed E-state index contributed by atoms with van der Waals surface area (Å²) in [5, 5.41) is 3.77. The third-order valence-corrected chi connectivity index (χ3v) is 7.27. The molecular weight excluding hydrogens is 360 g/mol. The number of hydrogen-bond acceptors (Lipinski definition) is 5. The normalized spacial score (nSPS) is 22.6. The van der Waals surface area contributed by atoms with Crippen LogP contribution < -0.4 is 10.9 Å². The van der Waals surface area contributed by atoms with E-state index in [0.717, 1.165) is 31.5 Å².